The molecule has 0 spiro atoms. The smallest absolute Gasteiger partial charge is 0.0223 e. The van der Waals surface area contributed by atoms with Crippen LogP contribution in [0.1, 0.15) is 83.5 Å². The summed E-state index contributed by atoms with van der Waals surface area (Å²) in [6, 6.07) is 0. The predicted octanol–water partition coefficient (Wildman–Crippen LogP) is 7.05. The number of hydrogen-bond donors (Lipinski definition) is 0. The van der Waals surface area contributed by atoms with E-state index in [-0.39, 0.29) is 0 Å². The van der Waals surface area contributed by atoms with Crippen LogP contribution in [0.3, 0.4) is 0 Å². The number of allylic oxidation sites excluding steroid dienone is 1. The Morgan fingerprint density at radius 3 is 1.33 bits per heavy atom. The quantitative estimate of drug-likeness (QED) is 0.238. The molecule has 0 unspecified atom stereocenters. The van der Waals surface area contributed by atoms with E-state index in [2.05, 4.69) is 0 Å². The standard InChI is InChI=1S/C16H30Cl2/c17-15-13-11-9-7-5-3-1-2-4-6-8-10-12-14-16-18/h13,15H,1-12,14,16H2. The second kappa shape index (κ2) is 17.3. The van der Waals surface area contributed by atoms with E-state index in [0.29, 0.717) is 0 Å². The van der Waals surface area contributed by atoms with Crippen LogP contribution in [0.15, 0.2) is 11.6 Å². The fourth-order valence-electron chi connectivity index (χ4n) is 2.19. The molecule has 0 aromatic rings. The van der Waals surface area contributed by atoms with Gasteiger partial charge in [-0.1, -0.05) is 81.9 Å². The Balaban J connectivity index is 2.90. The van der Waals surface area contributed by atoms with Gasteiger partial charge in [-0.05, 0) is 19.3 Å². The van der Waals surface area contributed by atoms with E-state index < -0.39 is 0 Å². The van der Waals surface area contributed by atoms with Gasteiger partial charge in [0, 0.05) is 11.4 Å². The maximum atomic E-state index is 5.64. The van der Waals surface area contributed by atoms with E-state index in [1.54, 1.807) is 5.54 Å². The molecule has 0 aliphatic heterocycles. The lowest BCUT2D eigenvalue weighted by Gasteiger charge is -2.02. The predicted molar refractivity (Wildman–Crippen MR) is 85.7 cm³/mol. The van der Waals surface area contributed by atoms with Crippen LogP contribution in [0.2, 0.25) is 0 Å². The highest BCUT2D eigenvalue weighted by molar-refractivity contribution is 6.25. The Kier molecular flexibility index (Phi) is 17.6. The van der Waals surface area contributed by atoms with Crippen molar-refractivity contribution in [3.8, 4) is 0 Å². The molecule has 2 heteroatoms. The van der Waals surface area contributed by atoms with Crippen molar-refractivity contribution in [2.45, 2.75) is 83.5 Å². The molecule has 0 heterocycles. The van der Waals surface area contributed by atoms with E-state index >= 15 is 0 Å². The molecule has 0 radical (unpaired) electrons. The molecule has 0 aliphatic carbocycles. The highest BCUT2D eigenvalue weighted by Crippen LogP contribution is 2.12. The summed E-state index contributed by atoms with van der Waals surface area (Å²) in [5.74, 6) is 0.834. The van der Waals surface area contributed by atoms with Crippen LogP contribution < -0.4 is 0 Å². The molecule has 0 N–H and O–H groups in total. The van der Waals surface area contributed by atoms with Gasteiger partial charge in [-0.2, -0.15) is 0 Å². The van der Waals surface area contributed by atoms with Crippen molar-refractivity contribution in [3.05, 3.63) is 11.6 Å². The van der Waals surface area contributed by atoms with Crippen LogP contribution in [-0.2, 0) is 0 Å². The lowest BCUT2D eigenvalue weighted by Crippen LogP contribution is -1.83. The SMILES string of the molecule is ClC=CCCCCCCCCCCCCCCCl. The Hall–Kier alpha value is 0.320. The van der Waals surface area contributed by atoms with E-state index in [4.69, 9.17) is 23.2 Å². The number of halogens is 2. The fourth-order valence-corrected chi connectivity index (χ4v) is 2.50. The zero-order valence-electron chi connectivity index (χ0n) is 11.8. The molecule has 0 atom stereocenters. The highest BCUT2D eigenvalue weighted by Gasteiger charge is 1.93. The maximum absolute atomic E-state index is 5.64. The van der Waals surface area contributed by atoms with Crippen molar-refractivity contribution in [1.82, 2.24) is 0 Å². The monoisotopic (exact) mass is 292 g/mol. The van der Waals surface area contributed by atoms with Crippen molar-refractivity contribution in [2.24, 2.45) is 0 Å². The van der Waals surface area contributed by atoms with Gasteiger partial charge in [0.2, 0.25) is 0 Å². The summed E-state index contributed by atoms with van der Waals surface area (Å²) in [4.78, 5) is 0. The van der Waals surface area contributed by atoms with Crippen LogP contribution in [-0.4, -0.2) is 5.88 Å². The number of rotatable bonds is 14. The maximum Gasteiger partial charge on any atom is 0.0223 e. The summed E-state index contributed by atoms with van der Waals surface area (Å²) in [6.45, 7) is 0. The second-order valence-corrected chi connectivity index (χ2v) is 5.71. The van der Waals surface area contributed by atoms with Crippen molar-refractivity contribution in [3.63, 3.8) is 0 Å². The molecule has 0 bridgehead atoms. The van der Waals surface area contributed by atoms with Crippen LogP contribution in [0.25, 0.3) is 0 Å². The first-order chi connectivity index (χ1) is 8.91. The minimum absolute atomic E-state index is 0.834. The van der Waals surface area contributed by atoms with Gasteiger partial charge < -0.3 is 0 Å². The molecule has 0 saturated heterocycles. The first kappa shape index (κ1) is 18.3. The minimum atomic E-state index is 0.834. The number of hydrogen-bond acceptors (Lipinski definition) is 0. The van der Waals surface area contributed by atoms with E-state index in [1.165, 1.54) is 77.0 Å². The summed E-state index contributed by atoms with van der Waals surface area (Å²) in [7, 11) is 0. The first-order valence-electron chi connectivity index (χ1n) is 7.73. The van der Waals surface area contributed by atoms with Crippen LogP contribution in [0.4, 0.5) is 0 Å². The van der Waals surface area contributed by atoms with Gasteiger partial charge in [-0.3, -0.25) is 0 Å². The normalized spacial score (nSPS) is 11.4. The average molecular weight is 293 g/mol. The topological polar surface area (TPSA) is 0 Å². The van der Waals surface area contributed by atoms with Gasteiger partial charge in [0.1, 0.15) is 0 Å². The molecule has 0 fully saturated rings. The lowest BCUT2D eigenvalue weighted by molar-refractivity contribution is 0.545. The molecule has 0 amide bonds. The molecule has 18 heavy (non-hydrogen) atoms. The third-order valence-electron chi connectivity index (χ3n) is 3.34. The number of unbranched alkanes of at least 4 members (excludes halogenated alkanes) is 12. The molecule has 0 aliphatic rings. The minimum Gasteiger partial charge on any atom is -0.127 e. The molecule has 0 saturated carbocycles. The Morgan fingerprint density at radius 2 is 0.944 bits per heavy atom. The largest absolute Gasteiger partial charge is 0.127 e. The van der Waals surface area contributed by atoms with Crippen LogP contribution >= 0.6 is 23.2 Å². The summed E-state index contributed by atoms with van der Waals surface area (Å²) in [5.41, 5.74) is 1.63. The third kappa shape index (κ3) is 16.3. The van der Waals surface area contributed by atoms with Crippen LogP contribution in [0, 0.1) is 0 Å². The van der Waals surface area contributed by atoms with Gasteiger partial charge in [0.25, 0.3) is 0 Å². The third-order valence-corrected chi connectivity index (χ3v) is 3.79. The highest BCUT2D eigenvalue weighted by atomic mass is 35.5. The Labute approximate surface area is 124 Å². The van der Waals surface area contributed by atoms with Crippen LogP contribution in [0.5, 0.6) is 0 Å². The molecular formula is C16H30Cl2. The number of alkyl halides is 1. The van der Waals surface area contributed by atoms with E-state index in [9.17, 15) is 0 Å². The molecule has 0 nitrogen and oxygen atoms in total. The Morgan fingerprint density at radius 1 is 0.556 bits per heavy atom. The zero-order chi connectivity index (χ0) is 13.3. The summed E-state index contributed by atoms with van der Waals surface area (Å²) in [5, 5.41) is 0. The van der Waals surface area contributed by atoms with E-state index in [1.807, 2.05) is 6.08 Å². The molecule has 0 rings (SSSR count). The lowest BCUT2D eigenvalue weighted by atomic mass is 10.0. The molecule has 0 aromatic carbocycles. The van der Waals surface area contributed by atoms with Gasteiger partial charge in [0.15, 0.2) is 0 Å². The van der Waals surface area contributed by atoms with Crippen molar-refractivity contribution in [2.75, 3.05) is 5.88 Å². The summed E-state index contributed by atoms with van der Waals surface area (Å²) in [6.07, 6.45) is 19.6. The molecule has 108 valence electrons. The second-order valence-electron chi connectivity index (χ2n) is 5.08. The first-order valence-corrected chi connectivity index (χ1v) is 8.70. The zero-order valence-corrected chi connectivity index (χ0v) is 13.3. The molecular weight excluding hydrogens is 263 g/mol. The van der Waals surface area contributed by atoms with Gasteiger partial charge in [0.05, 0.1) is 0 Å². The summed E-state index contributed by atoms with van der Waals surface area (Å²) < 4.78 is 0. The van der Waals surface area contributed by atoms with E-state index in [0.717, 1.165) is 12.3 Å². The van der Waals surface area contributed by atoms with Gasteiger partial charge >= 0.3 is 0 Å². The Bertz CT molecular complexity index is 166. The van der Waals surface area contributed by atoms with Crippen molar-refractivity contribution < 1.29 is 0 Å². The fraction of sp³-hybridized carbons (Fsp3) is 0.875. The van der Waals surface area contributed by atoms with Crippen molar-refractivity contribution >= 4 is 23.2 Å². The summed E-state index contributed by atoms with van der Waals surface area (Å²) >= 11 is 11.1. The average Bonchev–Trinajstić information content (AvgIpc) is 2.39. The van der Waals surface area contributed by atoms with Gasteiger partial charge in [-0.25, -0.2) is 0 Å². The molecule has 0 aromatic heterocycles. The van der Waals surface area contributed by atoms with Gasteiger partial charge in [-0.15, -0.1) is 11.6 Å². The van der Waals surface area contributed by atoms with Crippen molar-refractivity contribution in [1.29, 1.82) is 0 Å².